The molecule has 206 valence electrons. The average molecular weight is 545 g/mol. The number of unbranched alkanes of at least 4 members (excludes halogenated alkanes) is 1. The Bertz CT molecular complexity index is 1480. The summed E-state index contributed by atoms with van der Waals surface area (Å²) in [5.74, 6) is 2.24. The minimum absolute atomic E-state index is 0.104. The number of nitrogens with zero attached hydrogens (tertiary/aromatic N) is 4. The van der Waals surface area contributed by atoms with Gasteiger partial charge in [0.2, 0.25) is 6.79 Å². The Morgan fingerprint density at radius 2 is 1.75 bits per heavy atom. The van der Waals surface area contributed by atoms with Gasteiger partial charge in [0, 0.05) is 31.7 Å². The van der Waals surface area contributed by atoms with Gasteiger partial charge in [-0.25, -0.2) is 4.98 Å². The molecule has 1 aliphatic rings. The predicted octanol–water partition coefficient (Wildman–Crippen LogP) is 6.75. The van der Waals surface area contributed by atoms with Gasteiger partial charge in [-0.15, -0.1) is 0 Å². The third-order valence-corrected chi connectivity index (χ3v) is 6.69. The summed E-state index contributed by atoms with van der Waals surface area (Å²) in [6.45, 7) is 1.50. The number of benzene rings is 3. The van der Waals surface area contributed by atoms with Crippen LogP contribution in [-0.4, -0.2) is 27.9 Å². The standard InChI is InChI=1S/C31H30F2N4O3/c1-2-3-14-37-27(26(17-34)35-30(37)24-9-5-4-6-10-24)20-36(18-22-8-7-11-25(15-22)40-31(32)33)19-23-12-13-28-29(16-23)39-21-38-28/h4-13,15-16,31H,2-3,14,18-21H2,1H3. The van der Waals surface area contributed by atoms with E-state index in [4.69, 9.17) is 14.5 Å². The van der Waals surface area contributed by atoms with Crippen LogP contribution in [0.5, 0.6) is 17.2 Å². The molecular weight excluding hydrogens is 514 g/mol. The lowest BCUT2D eigenvalue weighted by Crippen LogP contribution is -2.25. The molecule has 1 aliphatic heterocycles. The van der Waals surface area contributed by atoms with E-state index < -0.39 is 6.61 Å². The highest BCUT2D eigenvalue weighted by molar-refractivity contribution is 5.58. The van der Waals surface area contributed by atoms with Crippen molar-refractivity contribution in [2.24, 2.45) is 0 Å². The SMILES string of the molecule is CCCCn1c(-c2ccccc2)nc(C#N)c1CN(Cc1cccc(OC(F)F)c1)Cc1ccc2c(c1)OCO2. The van der Waals surface area contributed by atoms with Crippen molar-refractivity contribution in [3.05, 3.63) is 95.3 Å². The van der Waals surface area contributed by atoms with Crippen molar-refractivity contribution in [3.8, 4) is 34.7 Å². The normalized spacial score (nSPS) is 12.2. The third-order valence-electron chi connectivity index (χ3n) is 6.69. The highest BCUT2D eigenvalue weighted by atomic mass is 19.3. The fourth-order valence-corrected chi connectivity index (χ4v) is 4.86. The van der Waals surface area contributed by atoms with Crippen molar-refractivity contribution in [1.29, 1.82) is 5.26 Å². The van der Waals surface area contributed by atoms with Crippen molar-refractivity contribution < 1.29 is 23.0 Å². The van der Waals surface area contributed by atoms with Crippen molar-refractivity contribution >= 4 is 0 Å². The number of ether oxygens (including phenoxy) is 3. The molecule has 0 spiro atoms. The molecule has 7 nitrogen and oxygen atoms in total. The number of nitriles is 1. The van der Waals surface area contributed by atoms with E-state index in [9.17, 15) is 14.0 Å². The van der Waals surface area contributed by atoms with E-state index in [2.05, 4.69) is 27.2 Å². The summed E-state index contributed by atoms with van der Waals surface area (Å²) in [6, 6.07) is 24.7. The molecule has 0 N–H and O–H groups in total. The van der Waals surface area contributed by atoms with E-state index in [1.54, 1.807) is 12.1 Å². The maximum atomic E-state index is 12.9. The summed E-state index contributed by atoms with van der Waals surface area (Å²) in [4.78, 5) is 6.91. The topological polar surface area (TPSA) is 72.5 Å². The van der Waals surface area contributed by atoms with E-state index in [-0.39, 0.29) is 12.5 Å². The molecule has 3 aromatic carbocycles. The Kier molecular flexibility index (Phi) is 8.57. The van der Waals surface area contributed by atoms with Crippen molar-refractivity contribution in [2.75, 3.05) is 6.79 Å². The summed E-state index contributed by atoms with van der Waals surface area (Å²) in [6.07, 6.45) is 1.93. The van der Waals surface area contributed by atoms with E-state index in [0.29, 0.717) is 36.8 Å². The van der Waals surface area contributed by atoms with Crippen LogP contribution in [0.4, 0.5) is 8.78 Å². The van der Waals surface area contributed by atoms with Gasteiger partial charge in [0.25, 0.3) is 0 Å². The Labute approximate surface area is 232 Å². The molecule has 0 radical (unpaired) electrons. The van der Waals surface area contributed by atoms with Gasteiger partial charge in [-0.2, -0.15) is 14.0 Å². The molecule has 0 fully saturated rings. The third kappa shape index (κ3) is 6.41. The maximum absolute atomic E-state index is 12.9. The monoisotopic (exact) mass is 544 g/mol. The van der Waals surface area contributed by atoms with Gasteiger partial charge in [-0.05, 0) is 41.8 Å². The average Bonchev–Trinajstić information content (AvgIpc) is 3.56. The van der Waals surface area contributed by atoms with Crippen LogP contribution in [0, 0.1) is 11.3 Å². The number of rotatable bonds is 12. The molecular formula is C31H30F2N4O3. The van der Waals surface area contributed by atoms with E-state index in [1.807, 2.05) is 54.6 Å². The number of alkyl halides is 2. The number of aromatic nitrogens is 2. The lowest BCUT2D eigenvalue weighted by atomic mass is 10.1. The van der Waals surface area contributed by atoms with Gasteiger partial charge >= 0.3 is 6.61 Å². The minimum Gasteiger partial charge on any atom is -0.454 e. The van der Waals surface area contributed by atoms with Crippen LogP contribution in [0.15, 0.2) is 72.8 Å². The molecule has 0 saturated heterocycles. The Morgan fingerprint density at radius 1 is 0.975 bits per heavy atom. The zero-order chi connectivity index (χ0) is 27.9. The molecule has 5 rings (SSSR count). The number of hydrogen-bond donors (Lipinski definition) is 0. The zero-order valence-electron chi connectivity index (χ0n) is 22.2. The molecule has 0 atom stereocenters. The molecule has 40 heavy (non-hydrogen) atoms. The van der Waals surface area contributed by atoms with Crippen molar-refractivity contribution in [2.45, 2.75) is 52.6 Å². The molecule has 9 heteroatoms. The number of imidazole rings is 1. The number of hydrogen-bond acceptors (Lipinski definition) is 6. The summed E-state index contributed by atoms with van der Waals surface area (Å²) >= 11 is 0. The highest BCUT2D eigenvalue weighted by Gasteiger charge is 2.22. The second-order valence-electron chi connectivity index (χ2n) is 9.57. The minimum atomic E-state index is -2.90. The lowest BCUT2D eigenvalue weighted by Gasteiger charge is -2.24. The Morgan fingerprint density at radius 3 is 2.50 bits per heavy atom. The summed E-state index contributed by atoms with van der Waals surface area (Å²) < 4.78 is 43.6. The van der Waals surface area contributed by atoms with Crippen molar-refractivity contribution in [1.82, 2.24) is 14.5 Å². The van der Waals surface area contributed by atoms with Crippen LogP contribution < -0.4 is 14.2 Å². The zero-order valence-corrected chi connectivity index (χ0v) is 22.2. The number of fused-ring (bicyclic) bond motifs is 1. The van der Waals surface area contributed by atoms with Gasteiger partial charge in [0.05, 0.1) is 5.69 Å². The molecule has 0 amide bonds. The van der Waals surface area contributed by atoms with Crippen LogP contribution in [0.3, 0.4) is 0 Å². The lowest BCUT2D eigenvalue weighted by molar-refractivity contribution is -0.0499. The molecule has 0 bridgehead atoms. The van der Waals surface area contributed by atoms with Gasteiger partial charge in [0.1, 0.15) is 17.6 Å². The van der Waals surface area contributed by atoms with Crippen LogP contribution in [0.2, 0.25) is 0 Å². The quantitative estimate of drug-likeness (QED) is 0.196. The maximum Gasteiger partial charge on any atom is 0.387 e. The fourth-order valence-electron chi connectivity index (χ4n) is 4.86. The molecule has 4 aromatic rings. The van der Waals surface area contributed by atoms with E-state index in [0.717, 1.165) is 47.6 Å². The smallest absolute Gasteiger partial charge is 0.387 e. The first-order valence-electron chi connectivity index (χ1n) is 13.2. The fraction of sp³-hybridized carbons (Fsp3) is 0.290. The first kappa shape index (κ1) is 27.2. The highest BCUT2D eigenvalue weighted by Crippen LogP contribution is 2.33. The largest absolute Gasteiger partial charge is 0.454 e. The molecule has 2 heterocycles. The molecule has 0 saturated carbocycles. The van der Waals surface area contributed by atoms with Gasteiger partial charge in [0.15, 0.2) is 17.2 Å². The summed E-state index contributed by atoms with van der Waals surface area (Å²) in [5, 5.41) is 10.1. The van der Waals surface area contributed by atoms with E-state index >= 15 is 0 Å². The van der Waals surface area contributed by atoms with E-state index in [1.165, 1.54) is 6.07 Å². The molecule has 0 aliphatic carbocycles. The second kappa shape index (κ2) is 12.6. The van der Waals surface area contributed by atoms with Crippen LogP contribution in [0.1, 0.15) is 42.3 Å². The molecule has 0 unspecified atom stereocenters. The summed E-state index contributed by atoms with van der Waals surface area (Å²) in [7, 11) is 0. The summed E-state index contributed by atoms with van der Waals surface area (Å²) in [5.41, 5.74) is 3.93. The Balaban J connectivity index is 1.51. The number of halogens is 2. The second-order valence-corrected chi connectivity index (χ2v) is 9.57. The van der Waals surface area contributed by atoms with Crippen LogP contribution in [-0.2, 0) is 26.2 Å². The predicted molar refractivity (Wildman–Crippen MR) is 146 cm³/mol. The first-order valence-corrected chi connectivity index (χ1v) is 13.2. The van der Waals surface area contributed by atoms with Crippen LogP contribution >= 0.6 is 0 Å². The Hall–Kier alpha value is -4.42. The first-order chi connectivity index (χ1) is 19.5. The van der Waals surface area contributed by atoms with Crippen molar-refractivity contribution in [3.63, 3.8) is 0 Å². The van der Waals surface area contributed by atoms with Crippen LogP contribution in [0.25, 0.3) is 11.4 Å². The van der Waals surface area contributed by atoms with Gasteiger partial charge < -0.3 is 18.8 Å². The van der Waals surface area contributed by atoms with Gasteiger partial charge in [-0.1, -0.05) is 61.9 Å². The van der Waals surface area contributed by atoms with Gasteiger partial charge in [-0.3, -0.25) is 4.90 Å². The molecule has 1 aromatic heterocycles.